The fraction of sp³-hybridized carbons (Fsp3) is 0.474. The Bertz CT molecular complexity index is 771. The number of ether oxygens (including phenoxy) is 1. The second-order valence-electron chi connectivity index (χ2n) is 6.11. The number of aryl methyl sites for hydroxylation is 1. The Hall–Kier alpha value is -2.50. The van der Waals surface area contributed by atoms with Crippen LogP contribution < -0.4 is 5.32 Å². The van der Waals surface area contributed by atoms with E-state index >= 15 is 0 Å². The molecule has 2 heterocycles. The molecule has 0 aliphatic rings. The zero-order chi connectivity index (χ0) is 18.6. The van der Waals surface area contributed by atoms with Crippen molar-refractivity contribution in [3.8, 4) is 0 Å². The molecule has 1 amide bonds. The number of carbonyl (C=O) groups excluding carboxylic acids is 2. The van der Waals surface area contributed by atoms with Crippen LogP contribution in [0.4, 0.5) is 0 Å². The number of nitrogens with zero attached hydrogens (tertiary/aromatic N) is 1. The molecule has 25 heavy (non-hydrogen) atoms. The van der Waals surface area contributed by atoms with Gasteiger partial charge in [-0.25, -0.2) is 4.79 Å². The average Bonchev–Trinajstić information content (AvgIpc) is 3.06. The minimum atomic E-state index is -0.325. The lowest BCUT2D eigenvalue weighted by Crippen LogP contribution is -2.22. The van der Waals surface area contributed by atoms with Crippen molar-refractivity contribution >= 4 is 11.9 Å². The summed E-state index contributed by atoms with van der Waals surface area (Å²) in [5.41, 5.74) is 3.44. The first-order valence-electron chi connectivity index (χ1n) is 8.49. The summed E-state index contributed by atoms with van der Waals surface area (Å²) in [4.78, 5) is 24.2. The molecular weight excluding hydrogens is 320 g/mol. The maximum absolute atomic E-state index is 12.1. The van der Waals surface area contributed by atoms with Gasteiger partial charge in [0.1, 0.15) is 17.2 Å². The van der Waals surface area contributed by atoms with Crippen molar-refractivity contribution in [3.05, 3.63) is 46.2 Å². The van der Waals surface area contributed by atoms with Crippen LogP contribution in [-0.2, 0) is 29.5 Å². The Morgan fingerprint density at radius 3 is 2.56 bits per heavy atom. The van der Waals surface area contributed by atoms with E-state index in [2.05, 4.69) is 5.32 Å². The van der Waals surface area contributed by atoms with Gasteiger partial charge in [0.05, 0.1) is 13.2 Å². The lowest BCUT2D eigenvalue weighted by molar-refractivity contribution is -0.121. The maximum atomic E-state index is 12.1. The zero-order valence-corrected chi connectivity index (χ0v) is 15.6. The molecular formula is C19H26N2O4. The number of hydrogen-bond donors (Lipinski definition) is 1. The largest absolute Gasteiger partial charge is 0.465 e. The Morgan fingerprint density at radius 2 is 1.96 bits per heavy atom. The van der Waals surface area contributed by atoms with Crippen molar-refractivity contribution < 1.29 is 18.7 Å². The summed E-state index contributed by atoms with van der Waals surface area (Å²) in [5.74, 6) is 1.19. The first kappa shape index (κ1) is 18.8. The minimum absolute atomic E-state index is 0.0469. The number of carbonyl (C=O) groups is 2. The maximum Gasteiger partial charge on any atom is 0.355 e. The monoisotopic (exact) mass is 346 g/mol. The van der Waals surface area contributed by atoms with Gasteiger partial charge in [0, 0.05) is 19.2 Å². The molecule has 2 rings (SSSR count). The summed E-state index contributed by atoms with van der Waals surface area (Å²) in [6.45, 7) is 8.23. The molecule has 6 heteroatoms. The van der Waals surface area contributed by atoms with E-state index < -0.39 is 0 Å². The minimum Gasteiger partial charge on any atom is -0.465 e. The number of amides is 1. The van der Waals surface area contributed by atoms with E-state index in [9.17, 15) is 9.59 Å². The molecule has 0 saturated heterocycles. The molecule has 0 spiro atoms. The van der Waals surface area contributed by atoms with Crippen LogP contribution in [0.25, 0.3) is 0 Å². The molecule has 6 nitrogen and oxygen atoms in total. The zero-order valence-electron chi connectivity index (χ0n) is 15.6. The average molecular weight is 346 g/mol. The van der Waals surface area contributed by atoms with E-state index in [1.165, 1.54) is 0 Å². The molecule has 0 fully saturated rings. The van der Waals surface area contributed by atoms with Gasteiger partial charge in [-0.2, -0.15) is 0 Å². The van der Waals surface area contributed by atoms with E-state index in [-0.39, 0.29) is 11.9 Å². The van der Waals surface area contributed by atoms with Gasteiger partial charge in [-0.15, -0.1) is 0 Å². The second-order valence-corrected chi connectivity index (χ2v) is 6.11. The molecule has 2 aromatic rings. The molecule has 0 aromatic carbocycles. The molecule has 1 N–H and O–H groups in total. The first-order valence-corrected chi connectivity index (χ1v) is 8.49. The molecule has 0 aliphatic heterocycles. The quantitative estimate of drug-likeness (QED) is 0.782. The van der Waals surface area contributed by atoms with E-state index in [0.29, 0.717) is 31.7 Å². The third kappa shape index (κ3) is 4.32. The molecule has 0 saturated carbocycles. The van der Waals surface area contributed by atoms with E-state index in [1.807, 2.05) is 44.5 Å². The van der Waals surface area contributed by atoms with Crippen LogP contribution in [0.2, 0.25) is 0 Å². The number of nitrogens with one attached hydrogen (secondary N) is 1. The van der Waals surface area contributed by atoms with Crippen molar-refractivity contribution in [3.63, 3.8) is 0 Å². The van der Waals surface area contributed by atoms with Crippen LogP contribution in [0.3, 0.4) is 0 Å². The van der Waals surface area contributed by atoms with Gasteiger partial charge in [0.25, 0.3) is 0 Å². The molecule has 136 valence electrons. The van der Waals surface area contributed by atoms with Gasteiger partial charge in [0.15, 0.2) is 0 Å². The van der Waals surface area contributed by atoms with Crippen LogP contribution in [0.5, 0.6) is 0 Å². The van der Waals surface area contributed by atoms with Crippen LogP contribution in [0.15, 0.2) is 16.5 Å². The van der Waals surface area contributed by atoms with E-state index in [0.717, 1.165) is 28.3 Å². The fourth-order valence-corrected chi connectivity index (χ4v) is 2.99. The number of aromatic nitrogens is 1. The van der Waals surface area contributed by atoms with Gasteiger partial charge < -0.3 is 19.0 Å². The predicted molar refractivity (Wildman–Crippen MR) is 94.5 cm³/mol. The summed E-state index contributed by atoms with van der Waals surface area (Å²) in [5, 5.41) is 2.85. The SMILES string of the molecule is CCOC(=O)c1c(C)c(CCC(=O)NCc2ccc(C)o2)c(C)n1C. The molecule has 2 aromatic heterocycles. The third-order valence-electron chi connectivity index (χ3n) is 4.41. The number of rotatable bonds is 7. The van der Waals surface area contributed by atoms with Crippen molar-refractivity contribution in [1.82, 2.24) is 9.88 Å². The summed E-state index contributed by atoms with van der Waals surface area (Å²) in [6, 6.07) is 3.72. The van der Waals surface area contributed by atoms with Crippen LogP contribution in [-0.4, -0.2) is 23.1 Å². The topological polar surface area (TPSA) is 73.5 Å². The van der Waals surface area contributed by atoms with E-state index in [4.69, 9.17) is 9.15 Å². The van der Waals surface area contributed by atoms with Gasteiger partial charge >= 0.3 is 5.97 Å². The summed E-state index contributed by atoms with van der Waals surface area (Å²) >= 11 is 0. The lowest BCUT2D eigenvalue weighted by Gasteiger charge is -2.05. The number of hydrogen-bond acceptors (Lipinski definition) is 4. The van der Waals surface area contributed by atoms with Crippen LogP contribution in [0.1, 0.15) is 52.2 Å². The smallest absolute Gasteiger partial charge is 0.355 e. The van der Waals surface area contributed by atoms with Crippen LogP contribution in [0, 0.1) is 20.8 Å². The summed E-state index contributed by atoms with van der Waals surface area (Å²) in [6.07, 6.45) is 0.932. The highest BCUT2D eigenvalue weighted by atomic mass is 16.5. The van der Waals surface area contributed by atoms with Crippen molar-refractivity contribution in [2.45, 2.75) is 47.1 Å². The summed E-state index contributed by atoms with van der Waals surface area (Å²) in [7, 11) is 1.84. The van der Waals surface area contributed by atoms with Crippen LogP contribution >= 0.6 is 0 Å². The van der Waals surface area contributed by atoms with Gasteiger partial charge in [-0.3, -0.25) is 4.79 Å². The Kier molecular flexibility index (Phi) is 6.07. The molecule has 0 aliphatic carbocycles. The third-order valence-corrected chi connectivity index (χ3v) is 4.41. The Labute approximate surface area is 148 Å². The Morgan fingerprint density at radius 1 is 1.24 bits per heavy atom. The normalized spacial score (nSPS) is 10.8. The van der Waals surface area contributed by atoms with E-state index in [1.54, 1.807) is 6.92 Å². The summed E-state index contributed by atoms with van der Waals surface area (Å²) < 4.78 is 12.4. The molecule has 0 radical (unpaired) electrons. The van der Waals surface area contributed by atoms with Gasteiger partial charge in [-0.05, 0) is 57.4 Å². The molecule has 0 unspecified atom stereocenters. The molecule has 0 atom stereocenters. The highest BCUT2D eigenvalue weighted by Gasteiger charge is 2.21. The number of esters is 1. The number of furan rings is 1. The van der Waals surface area contributed by atoms with Crippen molar-refractivity contribution in [2.24, 2.45) is 7.05 Å². The first-order chi connectivity index (χ1) is 11.8. The highest BCUT2D eigenvalue weighted by Crippen LogP contribution is 2.23. The molecule has 0 bridgehead atoms. The second kappa shape index (κ2) is 8.05. The predicted octanol–water partition coefficient (Wildman–Crippen LogP) is 2.97. The van der Waals surface area contributed by atoms with Gasteiger partial charge in [0.2, 0.25) is 5.91 Å². The lowest BCUT2D eigenvalue weighted by atomic mass is 10.0. The van der Waals surface area contributed by atoms with Gasteiger partial charge in [-0.1, -0.05) is 0 Å². The van der Waals surface area contributed by atoms with Crippen molar-refractivity contribution in [2.75, 3.05) is 6.61 Å². The fourth-order valence-electron chi connectivity index (χ4n) is 2.99. The highest BCUT2D eigenvalue weighted by molar-refractivity contribution is 5.90. The standard InChI is InChI=1S/C19H26N2O4/c1-6-24-19(23)18-13(3)16(14(4)21(18)5)9-10-17(22)20-11-15-8-7-12(2)25-15/h7-8H,6,9-11H2,1-5H3,(H,20,22). The van der Waals surface area contributed by atoms with Crippen molar-refractivity contribution in [1.29, 1.82) is 0 Å². The Balaban J connectivity index is 1.99.